The molecule has 8 heteroatoms. The van der Waals surface area contributed by atoms with Crippen molar-refractivity contribution in [1.82, 2.24) is 9.80 Å². The maximum Gasteiger partial charge on any atom is 0.280 e. The van der Waals surface area contributed by atoms with Crippen LogP contribution in [0, 0.1) is 6.08 Å². The van der Waals surface area contributed by atoms with E-state index in [1.807, 2.05) is 51.2 Å². The predicted molar refractivity (Wildman–Crippen MR) is 100 cm³/mol. The van der Waals surface area contributed by atoms with E-state index in [9.17, 15) is 9.59 Å². The number of carbonyl (C=O) groups is 2. The van der Waals surface area contributed by atoms with Crippen molar-refractivity contribution in [2.75, 3.05) is 34.9 Å². The highest BCUT2D eigenvalue weighted by Crippen LogP contribution is 2.54. The van der Waals surface area contributed by atoms with Gasteiger partial charge in [0.25, 0.3) is 12.1 Å². The molecule has 3 fully saturated rings. The highest BCUT2D eigenvalue weighted by molar-refractivity contribution is 6.00. The molecule has 4 rings (SSSR count). The summed E-state index contributed by atoms with van der Waals surface area (Å²) in [7, 11) is 7.67. The second-order valence-electron chi connectivity index (χ2n) is 8.28. The third-order valence-electron chi connectivity index (χ3n) is 5.48. The van der Waals surface area contributed by atoms with Crippen LogP contribution in [0.2, 0.25) is 0 Å². The highest BCUT2D eigenvalue weighted by atomic mass is 35.5. The van der Waals surface area contributed by atoms with Gasteiger partial charge in [0.15, 0.2) is 5.87 Å². The quantitative estimate of drug-likeness (QED) is 0.305. The lowest BCUT2D eigenvalue weighted by atomic mass is 9.93. The van der Waals surface area contributed by atoms with Gasteiger partial charge in [-0.3, -0.25) is 14.5 Å². The van der Waals surface area contributed by atoms with Gasteiger partial charge in [-0.15, -0.1) is 0 Å². The number of amides is 2. The molecular formula is C21H24Cl2N4O2. The van der Waals surface area contributed by atoms with Crippen LogP contribution in [0.15, 0.2) is 33.6 Å². The number of hydrogen-bond donors (Lipinski definition) is 0. The fourth-order valence-corrected chi connectivity index (χ4v) is 4.27. The minimum absolute atomic E-state index is 0. The average molecular weight is 435 g/mol. The third kappa shape index (κ3) is 3.29. The van der Waals surface area contributed by atoms with E-state index in [4.69, 9.17) is 0 Å². The van der Waals surface area contributed by atoms with Crippen LogP contribution in [0.4, 0.5) is 0 Å². The van der Waals surface area contributed by atoms with Crippen LogP contribution >= 0.6 is 0 Å². The summed E-state index contributed by atoms with van der Waals surface area (Å²) in [6, 6.07) is 0. The normalized spacial score (nSPS) is 22.4. The molecular weight excluding hydrogens is 411 g/mol. The molecule has 154 valence electrons. The summed E-state index contributed by atoms with van der Waals surface area (Å²) in [5.41, 5.74) is 5.05. The summed E-state index contributed by atoms with van der Waals surface area (Å²) in [5.74, 6) is 3.34. The van der Waals surface area contributed by atoms with Crippen molar-refractivity contribution in [3.8, 4) is 0 Å². The van der Waals surface area contributed by atoms with Gasteiger partial charge in [0.1, 0.15) is 40.4 Å². The lowest BCUT2D eigenvalue weighted by Gasteiger charge is -2.29. The predicted octanol–water partition coefficient (Wildman–Crippen LogP) is -5.41. The molecule has 0 aromatic carbocycles. The molecule has 2 heterocycles. The molecule has 4 aliphatic rings. The second kappa shape index (κ2) is 7.60. The number of rotatable bonds is 1. The molecule has 0 unspecified atom stereocenters. The summed E-state index contributed by atoms with van der Waals surface area (Å²) in [4.78, 5) is 29.5. The van der Waals surface area contributed by atoms with Crippen LogP contribution in [0.25, 0.3) is 0 Å². The minimum atomic E-state index is -0.812. The molecule has 2 aliphatic heterocycles. The molecule has 0 N–H and O–H groups in total. The molecule has 6 nitrogen and oxygen atoms in total. The lowest BCUT2D eigenvalue weighted by molar-refractivity contribution is -0.458. The smallest absolute Gasteiger partial charge is 0.280 e. The van der Waals surface area contributed by atoms with Crippen LogP contribution in [0.5, 0.6) is 0 Å². The van der Waals surface area contributed by atoms with Crippen LogP contribution in [-0.4, -0.2) is 83.2 Å². The van der Waals surface area contributed by atoms with Gasteiger partial charge in [-0.25, -0.2) is 4.58 Å². The molecule has 1 saturated carbocycles. The van der Waals surface area contributed by atoms with E-state index >= 15 is 0 Å². The molecule has 4 bridgehead atoms. The number of allylic oxidation sites excluding steroid dienone is 6. The van der Waals surface area contributed by atoms with Crippen molar-refractivity contribution >= 4 is 23.9 Å². The maximum absolute atomic E-state index is 13.1. The monoisotopic (exact) mass is 434 g/mol. The fraction of sp³-hybridized carbons (Fsp3) is 0.476. The zero-order valence-electron chi connectivity index (χ0n) is 17.5. The Labute approximate surface area is 184 Å². The van der Waals surface area contributed by atoms with Crippen molar-refractivity contribution in [2.45, 2.75) is 32.2 Å². The zero-order chi connectivity index (χ0) is 19.7. The first-order chi connectivity index (χ1) is 12.6. The Hall–Kier alpha value is -2.14. The lowest BCUT2D eigenvalue weighted by Crippen LogP contribution is -3.00. The molecule has 2 saturated heterocycles. The molecule has 0 aromatic heterocycles. The first kappa shape index (κ1) is 23.1. The number of fused-ring (bicyclic) bond motifs is 6. The summed E-state index contributed by atoms with van der Waals surface area (Å²) < 4.78 is 3.71. The summed E-state index contributed by atoms with van der Waals surface area (Å²) in [6.45, 7) is 3.95. The van der Waals surface area contributed by atoms with Crippen molar-refractivity contribution in [1.29, 1.82) is 0 Å². The van der Waals surface area contributed by atoms with Gasteiger partial charge in [-0.1, -0.05) is 0 Å². The first-order valence-electron chi connectivity index (χ1n) is 9.09. The summed E-state index contributed by atoms with van der Waals surface area (Å²) in [6.07, 6.45) is 7.39. The molecule has 2 aliphatic carbocycles. The Bertz CT molecular complexity index is 1000. The van der Waals surface area contributed by atoms with Crippen molar-refractivity contribution < 1.29 is 43.6 Å². The van der Waals surface area contributed by atoms with Crippen LogP contribution in [0.3, 0.4) is 0 Å². The van der Waals surface area contributed by atoms with Gasteiger partial charge in [-0.2, -0.15) is 4.58 Å². The van der Waals surface area contributed by atoms with Gasteiger partial charge in [0.2, 0.25) is 5.91 Å². The SMILES string of the molecule is C[N+](C)=[C]/[C]=C1\C2=C3CC(=O)N4CN(C(=O)C4(C)C)C3=C1C(=C=[N+](C)C)C2.[Cl-].[Cl-]. The molecule has 0 spiro atoms. The molecule has 0 aromatic rings. The van der Waals surface area contributed by atoms with Gasteiger partial charge in [0.05, 0.1) is 23.8 Å². The minimum Gasteiger partial charge on any atom is -1.00 e. The average Bonchev–Trinajstić information content (AvgIpc) is 3.06. The zero-order valence-corrected chi connectivity index (χ0v) is 19.0. The third-order valence-corrected chi connectivity index (χ3v) is 5.48. The van der Waals surface area contributed by atoms with Crippen molar-refractivity contribution in [2.24, 2.45) is 0 Å². The molecule has 0 atom stereocenters. The van der Waals surface area contributed by atoms with E-state index < -0.39 is 5.54 Å². The van der Waals surface area contributed by atoms with Gasteiger partial charge >= 0.3 is 0 Å². The maximum atomic E-state index is 13.1. The number of halogens is 2. The van der Waals surface area contributed by atoms with Gasteiger partial charge in [0, 0.05) is 17.6 Å². The van der Waals surface area contributed by atoms with Crippen LogP contribution in [0.1, 0.15) is 26.7 Å². The molecule has 29 heavy (non-hydrogen) atoms. The van der Waals surface area contributed by atoms with E-state index in [0.717, 1.165) is 33.6 Å². The standard InChI is InChI=1S/C21H24N4O2.2ClH/c1-21(2)20(27)24-12-25(21)17(26)10-16-15-9-13(11-23(5)6)18(19(16)24)14(15)7-8-22(3)4;;/h9-10,12H2,1-6H3;2*1H/q+2;;/p-2. The fourth-order valence-electron chi connectivity index (χ4n) is 4.27. The number of hydrogen-bond acceptors (Lipinski definition) is 2. The molecule has 2 radical (unpaired) electrons. The van der Waals surface area contributed by atoms with Crippen LogP contribution < -0.4 is 24.8 Å². The van der Waals surface area contributed by atoms with E-state index in [0.29, 0.717) is 19.5 Å². The van der Waals surface area contributed by atoms with E-state index in [-0.39, 0.29) is 36.6 Å². The van der Waals surface area contributed by atoms with E-state index in [1.165, 1.54) is 0 Å². The van der Waals surface area contributed by atoms with Crippen LogP contribution in [-0.2, 0) is 9.59 Å². The first-order valence-corrected chi connectivity index (χ1v) is 9.09. The molecule has 2 amide bonds. The summed E-state index contributed by atoms with van der Waals surface area (Å²) >= 11 is 0. The highest BCUT2D eigenvalue weighted by Gasteiger charge is 2.55. The topological polar surface area (TPSA) is 46.6 Å². The Kier molecular flexibility index (Phi) is 6.06. The Morgan fingerprint density at radius 3 is 2.21 bits per heavy atom. The van der Waals surface area contributed by atoms with E-state index in [1.54, 1.807) is 9.80 Å². The van der Waals surface area contributed by atoms with Crippen molar-refractivity contribution in [3.63, 3.8) is 0 Å². The number of nitrogens with zero attached hydrogens (tertiary/aromatic N) is 4. The Morgan fingerprint density at radius 1 is 0.966 bits per heavy atom. The second-order valence-corrected chi connectivity index (χ2v) is 8.28. The van der Waals surface area contributed by atoms with Gasteiger partial charge < -0.3 is 29.7 Å². The Balaban J connectivity index is 0.00000150. The van der Waals surface area contributed by atoms with Gasteiger partial charge in [-0.05, 0) is 25.0 Å². The Morgan fingerprint density at radius 2 is 1.62 bits per heavy atom. The van der Waals surface area contributed by atoms with E-state index in [2.05, 4.69) is 18.2 Å². The number of carbonyl (C=O) groups excluding carboxylic acids is 2. The summed E-state index contributed by atoms with van der Waals surface area (Å²) in [5, 5.41) is 0. The largest absolute Gasteiger partial charge is 1.00 e. The van der Waals surface area contributed by atoms with Crippen molar-refractivity contribution in [3.05, 3.63) is 39.6 Å².